The van der Waals surface area contributed by atoms with Crippen LogP contribution in [0.3, 0.4) is 0 Å². The van der Waals surface area contributed by atoms with Gasteiger partial charge in [-0.1, -0.05) is 46.6 Å². The van der Waals surface area contributed by atoms with E-state index in [0.29, 0.717) is 40.3 Å². The van der Waals surface area contributed by atoms with Crippen LogP contribution in [0.1, 0.15) is 41.6 Å². The molecule has 1 aliphatic heterocycles. The standard InChI is InChI=1S/C25H24Cl2N4O3/c1-2-13-30(25(33)17-9-11-19(26)12-10-17)16-22(32)31-14-4-3-8-21(31)24-28-23(29-34-24)18-6-5-7-20(27)15-18/h2,5-7,9-12,15,21H,1,3-4,8,13-14,16H2. The van der Waals surface area contributed by atoms with Crippen LogP contribution >= 0.6 is 23.2 Å². The smallest absolute Gasteiger partial charge is 0.254 e. The minimum atomic E-state index is -0.349. The number of rotatable bonds is 7. The highest BCUT2D eigenvalue weighted by molar-refractivity contribution is 6.31. The normalized spacial score (nSPS) is 15.7. The summed E-state index contributed by atoms with van der Waals surface area (Å²) in [6, 6.07) is 13.4. The lowest BCUT2D eigenvalue weighted by atomic mass is 10.0. The highest BCUT2D eigenvalue weighted by Gasteiger charge is 2.33. The third-order valence-corrected chi connectivity index (χ3v) is 6.17. The number of piperidine rings is 1. The molecule has 1 fully saturated rings. The summed E-state index contributed by atoms with van der Waals surface area (Å²) < 4.78 is 5.55. The molecule has 2 heterocycles. The van der Waals surface area contributed by atoms with E-state index in [0.717, 1.165) is 18.4 Å². The molecule has 0 N–H and O–H groups in total. The van der Waals surface area contributed by atoms with E-state index in [1.54, 1.807) is 47.4 Å². The van der Waals surface area contributed by atoms with Crippen molar-refractivity contribution in [3.63, 3.8) is 0 Å². The fourth-order valence-electron chi connectivity index (χ4n) is 4.01. The van der Waals surface area contributed by atoms with Crippen LogP contribution in [0.5, 0.6) is 0 Å². The van der Waals surface area contributed by atoms with Crippen molar-refractivity contribution in [1.29, 1.82) is 0 Å². The van der Waals surface area contributed by atoms with Crippen LogP contribution in [0.25, 0.3) is 11.4 Å². The van der Waals surface area contributed by atoms with E-state index in [1.807, 2.05) is 12.1 Å². The summed E-state index contributed by atoms with van der Waals surface area (Å²) in [6.45, 7) is 4.44. The zero-order chi connectivity index (χ0) is 24.1. The summed E-state index contributed by atoms with van der Waals surface area (Å²) >= 11 is 12.0. The molecule has 176 valence electrons. The van der Waals surface area contributed by atoms with Gasteiger partial charge in [-0.25, -0.2) is 0 Å². The number of halogens is 2. The first kappa shape index (κ1) is 24.0. The van der Waals surface area contributed by atoms with Gasteiger partial charge in [-0.2, -0.15) is 4.98 Å². The Balaban J connectivity index is 1.52. The molecule has 1 unspecified atom stereocenters. The molecule has 2 aromatic carbocycles. The van der Waals surface area contributed by atoms with Crippen molar-refractivity contribution in [2.45, 2.75) is 25.3 Å². The van der Waals surface area contributed by atoms with Crippen molar-refractivity contribution in [2.24, 2.45) is 0 Å². The number of benzene rings is 2. The van der Waals surface area contributed by atoms with E-state index in [4.69, 9.17) is 27.7 Å². The van der Waals surface area contributed by atoms with Crippen LogP contribution in [0.4, 0.5) is 0 Å². The molecule has 1 aliphatic rings. The number of likely N-dealkylation sites (tertiary alicyclic amines) is 1. The molecule has 2 amide bonds. The molecule has 7 nitrogen and oxygen atoms in total. The van der Waals surface area contributed by atoms with Crippen LogP contribution < -0.4 is 0 Å². The molecular formula is C25H24Cl2N4O3. The average Bonchev–Trinajstić information content (AvgIpc) is 3.34. The van der Waals surface area contributed by atoms with Crippen molar-refractivity contribution in [2.75, 3.05) is 19.6 Å². The number of carbonyl (C=O) groups excluding carboxylic acids is 2. The Bertz CT molecular complexity index is 1180. The molecule has 3 aromatic rings. The lowest BCUT2D eigenvalue weighted by molar-refractivity contribution is -0.136. The van der Waals surface area contributed by atoms with Gasteiger partial charge < -0.3 is 14.3 Å². The largest absolute Gasteiger partial charge is 0.337 e. The Morgan fingerprint density at radius 2 is 1.94 bits per heavy atom. The number of aromatic nitrogens is 2. The monoisotopic (exact) mass is 498 g/mol. The lowest BCUT2D eigenvalue weighted by Crippen LogP contribution is -2.46. The highest BCUT2D eigenvalue weighted by Crippen LogP contribution is 2.31. The maximum absolute atomic E-state index is 13.3. The van der Waals surface area contributed by atoms with Crippen LogP contribution in [0, 0.1) is 0 Å². The van der Waals surface area contributed by atoms with Crippen molar-refractivity contribution in [1.82, 2.24) is 19.9 Å². The lowest BCUT2D eigenvalue weighted by Gasteiger charge is -2.35. The molecule has 0 radical (unpaired) electrons. The summed E-state index contributed by atoms with van der Waals surface area (Å²) in [4.78, 5) is 34.1. The van der Waals surface area contributed by atoms with Gasteiger partial charge in [0.25, 0.3) is 5.91 Å². The molecule has 0 saturated carbocycles. The van der Waals surface area contributed by atoms with E-state index in [1.165, 1.54) is 4.90 Å². The quantitative estimate of drug-likeness (QED) is 0.406. The predicted molar refractivity (Wildman–Crippen MR) is 131 cm³/mol. The molecule has 34 heavy (non-hydrogen) atoms. The first-order valence-corrected chi connectivity index (χ1v) is 11.8. The zero-order valence-electron chi connectivity index (χ0n) is 18.5. The van der Waals surface area contributed by atoms with Crippen molar-refractivity contribution < 1.29 is 14.1 Å². The molecule has 1 atom stereocenters. The van der Waals surface area contributed by atoms with Crippen LogP contribution in [0.15, 0.2) is 65.7 Å². The molecule has 0 aliphatic carbocycles. The predicted octanol–water partition coefficient (Wildman–Crippen LogP) is 5.43. The van der Waals surface area contributed by atoms with Gasteiger partial charge in [-0.15, -0.1) is 6.58 Å². The molecule has 1 saturated heterocycles. The van der Waals surface area contributed by atoms with Crippen LogP contribution in [-0.4, -0.2) is 51.4 Å². The van der Waals surface area contributed by atoms with Gasteiger partial charge in [-0.05, 0) is 55.7 Å². The Morgan fingerprint density at radius 3 is 2.68 bits per heavy atom. The fourth-order valence-corrected chi connectivity index (χ4v) is 4.32. The molecule has 4 rings (SSSR count). The minimum Gasteiger partial charge on any atom is -0.337 e. The van der Waals surface area contributed by atoms with Crippen molar-refractivity contribution in [3.05, 3.63) is 82.7 Å². The first-order valence-electron chi connectivity index (χ1n) is 11.0. The average molecular weight is 499 g/mol. The van der Waals surface area contributed by atoms with Crippen molar-refractivity contribution >= 4 is 35.0 Å². The fraction of sp³-hybridized carbons (Fsp3) is 0.280. The number of hydrogen-bond donors (Lipinski definition) is 0. The van der Waals surface area contributed by atoms with Gasteiger partial charge in [0.15, 0.2) is 0 Å². The molecule has 1 aromatic heterocycles. The molecular weight excluding hydrogens is 475 g/mol. The third-order valence-electron chi connectivity index (χ3n) is 5.69. The van der Waals surface area contributed by atoms with Gasteiger partial charge in [0.2, 0.25) is 17.6 Å². The van der Waals surface area contributed by atoms with E-state index < -0.39 is 0 Å². The topological polar surface area (TPSA) is 79.5 Å². The van der Waals surface area contributed by atoms with Crippen LogP contribution in [-0.2, 0) is 4.79 Å². The Kier molecular flexibility index (Phi) is 7.65. The second-order valence-corrected chi connectivity index (χ2v) is 8.92. The molecule has 9 heteroatoms. The summed E-state index contributed by atoms with van der Waals surface area (Å²) in [6.07, 6.45) is 4.10. The summed E-state index contributed by atoms with van der Waals surface area (Å²) in [7, 11) is 0. The second-order valence-electron chi connectivity index (χ2n) is 8.05. The highest BCUT2D eigenvalue weighted by atomic mass is 35.5. The maximum atomic E-state index is 13.3. The second kappa shape index (κ2) is 10.8. The van der Waals surface area contributed by atoms with Gasteiger partial charge >= 0.3 is 0 Å². The van der Waals surface area contributed by atoms with E-state index >= 15 is 0 Å². The summed E-state index contributed by atoms with van der Waals surface area (Å²) in [5.41, 5.74) is 1.19. The number of nitrogens with zero attached hydrogens (tertiary/aromatic N) is 4. The molecule has 0 spiro atoms. The minimum absolute atomic E-state index is 0.0841. The third kappa shape index (κ3) is 5.48. The first-order chi connectivity index (χ1) is 16.5. The Morgan fingerprint density at radius 1 is 1.15 bits per heavy atom. The maximum Gasteiger partial charge on any atom is 0.254 e. The van der Waals surface area contributed by atoms with Gasteiger partial charge in [0.1, 0.15) is 12.6 Å². The number of carbonyl (C=O) groups is 2. The van der Waals surface area contributed by atoms with Crippen molar-refractivity contribution in [3.8, 4) is 11.4 Å². The summed E-state index contributed by atoms with van der Waals surface area (Å²) in [5, 5.41) is 5.20. The zero-order valence-corrected chi connectivity index (χ0v) is 20.0. The van der Waals surface area contributed by atoms with E-state index in [2.05, 4.69) is 16.7 Å². The van der Waals surface area contributed by atoms with Gasteiger partial charge in [0, 0.05) is 34.3 Å². The summed E-state index contributed by atoms with van der Waals surface area (Å²) in [5.74, 6) is 0.347. The van der Waals surface area contributed by atoms with Gasteiger partial charge in [-0.3, -0.25) is 9.59 Å². The van der Waals surface area contributed by atoms with E-state index in [-0.39, 0.29) is 30.9 Å². The van der Waals surface area contributed by atoms with Gasteiger partial charge in [0.05, 0.1) is 0 Å². The SMILES string of the molecule is C=CCN(CC(=O)N1CCCCC1c1nc(-c2cccc(Cl)c2)no1)C(=O)c1ccc(Cl)cc1. The Labute approximate surface area is 207 Å². The number of amides is 2. The van der Waals surface area contributed by atoms with Crippen LogP contribution in [0.2, 0.25) is 10.0 Å². The number of hydrogen-bond acceptors (Lipinski definition) is 5. The van der Waals surface area contributed by atoms with E-state index in [9.17, 15) is 9.59 Å². The molecule has 0 bridgehead atoms. The Hall–Kier alpha value is -3.16.